The molecular formula is C15H23NO2. The van der Waals surface area contributed by atoms with Crippen molar-refractivity contribution in [2.45, 2.75) is 52.0 Å². The molecule has 1 aliphatic heterocycles. The first kappa shape index (κ1) is 13.4. The second kappa shape index (κ2) is 6.21. The van der Waals surface area contributed by atoms with Crippen molar-refractivity contribution in [2.24, 2.45) is 0 Å². The lowest BCUT2D eigenvalue weighted by atomic mass is 10.1. The van der Waals surface area contributed by atoms with Gasteiger partial charge >= 0.3 is 0 Å². The fourth-order valence-corrected chi connectivity index (χ4v) is 2.25. The summed E-state index contributed by atoms with van der Waals surface area (Å²) in [5, 5.41) is 3.55. The number of benzene rings is 1. The van der Waals surface area contributed by atoms with Crippen LogP contribution in [-0.2, 0) is 11.3 Å². The summed E-state index contributed by atoms with van der Waals surface area (Å²) in [5.41, 5.74) is 1.26. The number of rotatable bonds is 5. The monoisotopic (exact) mass is 249 g/mol. The van der Waals surface area contributed by atoms with E-state index in [1.165, 1.54) is 5.56 Å². The molecule has 100 valence electrons. The molecule has 2 atom stereocenters. The van der Waals surface area contributed by atoms with Crippen molar-refractivity contribution in [2.75, 3.05) is 6.61 Å². The van der Waals surface area contributed by atoms with Crippen LogP contribution in [0.25, 0.3) is 0 Å². The van der Waals surface area contributed by atoms with E-state index in [1.807, 2.05) is 26.0 Å². The van der Waals surface area contributed by atoms with Crippen LogP contribution in [0.15, 0.2) is 24.3 Å². The average Bonchev–Trinajstić information content (AvgIpc) is 2.72. The van der Waals surface area contributed by atoms with Gasteiger partial charge in [0.05, 0.1) is 12.2 Å². The zero-order valence-corrected chi connectivity index (χ0v) is 11.5. The van der Waals surface area contributed by atoms with Gasteiger partial charge in [0, 0.05) is 19.2 Å². The maximum absolute atomic E-state index is 5.70. The molecule has 3 nitrogen and oxygen atoms in total. The van der Waals surface area contributed by atoms with E-state index in [-0.39, 0.29) is 6.10 Å². The van der Waals surface area contributed by atoms with Crippen LogP contribution in [0.4, 0.5) is 0 Å². The maximum atomic E-state index is 5.70. The molecule has 18 heavy (non-hydrogen) atoms. The molecular weight excluding hydrogens is 226 g/mol. The Balaban J connectivity index is 1.88. The Labute approximate surface area is 109 Å². The molecule has 0 aromatic heterocycles. The Hall–Kier alpha value is -1.06. The minimum absolute atomic E-state index is 0.219. The van der Waals surface area contributed by atoms with Gasteiger partial charge in [-0.15, -0.1) is 0 Å². The highest BCUT2D eigenvalue weighted by Gasteiger charge is 2.23. The second-order valence-corrected chi connectivity index (χ2v) is 5.17. The van der Waals surface area contributed by atoms with E-state index in [1.54, 1.807) is 0 Å². The van der Waals surface area contributed by atoms with Crippen molar-refractivity contribution in [3.63, 3.8) is 0 Å². The van der Waals surface area contributed by atoms with Crippen molar-refractivity contribution in [3.8, 4) is 5.75 Å². The molecule has 2 rings (SSSR count). The van der Waals surface area contributed by atoms with Gasteiger partial charge in [0.2, 0.25) is 0 Å². The molecule has 0 bridgehead atoms. The molecule has 1 saturated heterocycles. The van der Waals surface area contributed by atoms with Gasteiger partial charge in [-0.1, -0.05) is 12.1 Å². The maximum Gasteiger partial charge on any atom is 0.120 e. The summed E-state index contributed by atoms with van der Waals surface area (Å²) in [6, 6.07) is 8.75. The van der Waals surface area contributed by atoms with Crippen molar-refractivity contribution in [1.82, 2.24) is 5.32 Å². The van der Waals surface area contributed by atoms with Gasteiger partial charge in [-0.2, -0.15) is 0 Å². The number of hydrogen-bond donors (Lipinski definition) is 1. The molecule has 0 radical (unpaired) electrons. The predicted octanol–water partition coefficient (Wildman–Crippen LogP) is 2.74. The van der Waals surface area contributed by atoms with Crippen LogP contribution in [0.1, 0.15) is 32.8 Å². The predicted molar refractivity (Wildman–Crippen MR) is 72.9 cm³/mol. The molecule has 0 saturated carbocycles. The Kier molecular flexibility index (Phi) is 4.61. The molecule has 1 heterocycles. The first-order valence-electron chi connectivity index (χ1n) is 6.75. The van der Waals surface area contributed by atoms with Gasteiger partial charge in [-0.3, -0.25) is 0 Å². The molecule has 1 fully saturated rings. The third-order valence-corrected chi connectivity index (χ3v) is 3.21. The summed E-state index contributed by atoms with van der Waals surface area (Å²) in [7, 11) is 0. The zero-order valence-electron chi connectivity index (χ0n) is 11.5. The SMILES string of the molecule is CC(C)Oc1cccc(CNC2CCOC2C)c1. The largest absolute Gasteiger partial charge is 0.491 e. The van der Waals surface area contributed by atoms with E-state index in [9.17, 15) is 0 Å². The number of ether oxygens (including phenoxy) is 2. The van der Waals surface area contributed by atoms with Gasteiger partial charge < -0.3 is 14.8 Å². The lowest BCUT2D eigenvalue weighted by molar-refractivity contribution is 0.113. The minimum Gasteiger partial charge on any atom is -0.491 e. The van der Waals surface area contributed by atoms with Crippen molar-refractivity contribution in [1.29, 1.82) is 0 Å². The van der Waals surface area contributed by atoms with Gasteiger partial charge in [0.15, 0.2) is 0 Å². The van der Waals surface area contributed by atoms with Crippen LogP contribution in [0.5, 0.6) is 5.75 Å². The lowest BCUT2D eigenvalue weighted by Gasteiger charge is -2.16. The van der Waals surface area contributed by atoms with E-state index in [4.69, 9.17) is 9.47 Å². The van der Waals surface area contributed by atoms with Crippen LogP contribution in [0.2, 0.25) is 0 Å². The van der Waals surface area contributed by atoms with E-state index in [2.05, 4.69) is 24.4 Å². The van der Waals surface area contributed by atoms with Gasteiger partial charge in [0.25, 0.3) is 0 Å². The number of nitrogens with one attached hydrogen (secondary N) is 1. The first-order valence-corrected chi connectivity index (χ1v) is 6.75. The molecule has 0 spiro atoms. The summed E-state index contributed by atoms with van der Waals surface area (Å²) in [5.74, 6) is 0.944. The minimum atomic E-state index is 0.219. The fourth-order valence-electron chi connectivity index (χ4n) is 2.25. The van der Waals surface area contributed by atoms with Crippen LogP contribution in [0.3, 0.4) is 0 Å². The second-order valence-electron chi connectivity index (χ2n) is 5.17. The van der Waals surface area contributed by atoms with E-state index in [0.717, 1.165) is 25.3 Å². The highest BCUT2D eigenvalue weighted by molar-refractivity contribution is 5.28. The lowest BCUT2D eigenvalue weighted by Crippen LogP contribution is -2.34. The van der Waals surface area contributed by atoms with Gasteiger partial charge in [-0.05, 0) is 44.9 Å². The molecule has 1 aliphatic rings. The molecule has 0 amide bonds. The Bertz CT molecular complexity index is 379. The molecule has 1 N–H and O–H groups in total. The van der Waals surface area contributed by atoms with Crippen molar-refractivity contribution >= 4 is 0 Å². The average molecular weight is 249 g/mol. The van der Waals surface area contributed by atoms with Gasteiger partial charge in [0.1, 0.15) is 5.75 Å². The van der Waals surface area contributed by atoms with E-state index in [0.29, 0.717) is 12.1 Å². The fraction of sp³-hybridized carbons (Fsp3) is 0.600. The zero-order chi connectivity index (χ0) is 13.0. The standard InChI is InChI=1S/C15H23NO2/c1-11(2)18-14-6-4-5-13(9-14)10-16-15-7-8-17-12(15)3/h4-6,9,11-12,15-16H,7-8,10H2,1-3H3. The van der Waals surface area contributed by atoms with Crippen molar-refractivity contribution < 1.29 is 9.47 Å². The Morgan fingerprint density at radius 3 is 2.94 bits per heavy atom. The third kappa shape index (κ3) is 3.72. The molecule has 1 aromatic carbocycles. The first-order chi connectivity index (χ1) is 8.65. The van der Waals surface area contributed by atoms with Gasteiger partial charge in [-0.25, -0.2) is 0 Å². The smallest absolute Gasteiger partial charge is 0.120 e. The van der Waals surface area contributed by atoms with Crippen LogP contribution in [-0.4, -0.2) is 24.9 Å². The quantitative estimate of drug-likeness (QED) is 0.870. The third-order valence-electron chi connectivity index (χ3n) is 3.21. The molecule has 2 unspecified atom stereocenters. The molecule has 1 aromatic rings. The Morgan fingerprint density at radius 2 is 2.28 bits per heavy atom. The molecule has 0 aliphatic carbocycles. The highest BCUT2D eigenvalue weighted by atomic mass is 16.5. The number of hydrogen-bond acceptors (Lipinski definition) is 3. The summed E-state index contributed by atoms with van der Waals surface area (Å²) >= 11 is 0. The summed E-state index contributed by atoms with van der Waals surface area (Å²) < 4.78 is 11.2. The topological polar surface area (TPSA) is 30.5 Å². The summed E-state index contributed by atoms with van der Waals surface area (Å²) in [4.78, 5) is 0. The summed E-state index contributed by atoms with van der Waals surface area (Å²) in [6.45, 7) is 7.96. The molecule has 3 heteroatoms. The Morgan fingerprint density at radius 1 is 1.44 bits per heavy atom. The van der Waals surface area contributed by atoms with Crippen LogP contribution < -0.4 is 10.1 Å². The van der Waals surface area contributed by atoms with Crippen LogP contribution in [0, 0.1) is 0 Å². The normalized spacial score (nSPS) is 23.6. The summed E-state index contributed by atoms with van der Waals surface area (Å²) in [6.07, 6.45) is 1.64. The van der Waals surface area contributed by atoms with E-state index < -0.39 is 0 Å². The highest BCUT2D eigenvalue weighted by Crippen LogP contribution is 2.17. The van der Waals surface area contributed by atoms with E-state index >= 15 is 0 Å². The van der Waals surface area contributed by atoms with Crippen molar-refractivity contribution in [3.05, 3.63) is 29.8 Å². The van der Waals surface area contributed by atoms with Crippen LogP contribution >= 0.6 is 0 Å².